The van der Waals surface area contributed by atoms with Gasteiger partial charge in [0.05, 0.1) is 13.7 Å². The molecule has 0 spiro atoms. The second-order valence-corrected chi connectivity index (χ2v) is 7.57. The molecular formula is C23H30N4O5. The van der Waals surface area contributed by atoms with Gasteiger partial charge in [-0.15, -0.1) is 0 Å². The van der Waals surface area contributed by atoms with Crippen LogP contribution in [0.3, 0.4) is 0 Å². The maximum atomic E-state index is 12.1. The Morgan fingerprint density at radius 2 is 1.84 bits per heavy atom. The molecule has 1 amide bonds. The number of hydrogen-bond acceptors (Lipinski definition) is 8. The first kappa shape index (κ1) is 23.3. The number of anilines is 1. The summed E-state index contributed by atoms with van der Waals surface area (Å²) in [6, 6.07) is 6.68. The van der Waals surface area contributed by atoms with Crippen molar-refractivity contribution in [2.24, 2.45) is 0 Å². The van der Waals surface area contributed by atoms with Crippen molar-refractivity contribution in [1.29, 1.82) is 0 Å². The Kier molecular flexibility index (Phi) is 8.24. The van der Waals surface area contributed by atoms with Gasteiger partial charge in [-0.2, -0.15) is 4.98 Å². The van der Waals surface area contributed by atoms with Crippen LogP contribution in [0.1, 0.15) is 42.4 Å². The number of benzene rings is 1. The molecule has 1 aromatic carbocycles. The Labute approximate surface area is 188 Å². The molecule has 172 valence electrons. The Balaban J connectivity index is 1.44. The minimum Gasteiger partial charge on any atom is -0.493 e. The summed E-state index contributed by atoms with van der Waals surface area (Å²) in [5.41, 5.74) is 0.513. The molecular weight excluding hydrogens is 412 g/mol. The Bertz CT molecular complexity index is 944. The minimum atomic E-state index is -0.292. The number of amides is 1. The van der Waals surface area contributed by atoms with Crippen molar-refractivity contribution in [2.45, 2.75) is 33.1 Å². The van der Waals surface area contributed by atoms with Crippen LogP contribution in [-0.4, -0.2) is 61.6 Å². The third-order valence-corrected chi connectivity index (χ3v) is 5.08. The number of aryl methyl sites for hydroxylation is 1. The number of hydrogen-bond donors (Lipinski definition) is 1. The number of nitrogens with zero attached hydrogens (tertiary/aromatic N) is 3. The number of ketones is 1. The predicted molar refractivity (Wildman–Crippen MR) is 120 cm³/mol. The standard InChI is InChI=1S/C23H30N4O5/c1-16(28)18-7-8-19(20(13-18)30-3)32-15-22(29)24-9-12-31-23-14-21(25-17(2)26-23)27-10-5-4-6-11-27/h7-8,13-14H,4-6,9-12,15H2,1-3H3,(H,24,29). The van der Waals surface area contributed by atoms with Crippen molar-refractivity contribution < 1.29 is 23.8 Å². The van der Waals surface area contributed by atoms with Crippen LogP contribution in [0.15, 0.2) is 24.3 Å². The van der Waals surface area contributed by atoms with Crippen LogP contribution < -0.4 is 24.4 Å². The molecule has 0 aliphatic carbocycles. The van der Waals surface area contributed by atoms with E-state index in [1.54, 1.807) is 18.2 Å². The first-order valence-electron chi connectivity index (χ1n) is 10.8. The van der Waals surface area contributed by atoms with E-state index in [-0.39, 0.29) is 24.9 Å². The van der Waals surface area contributed by atoms with Crippen LogP contribution in [-0.2, 0) is 4.79 Å². The third-order valence-electron chi connectivity index (χ3n) is 5.08. The number of carbonyl (C=O) groups is 2. The summed E-state index contributed by atoms with van der Waals surface area (Å²) < 4.78 is 16.5. The molecule has 0 atom stereocenters. The van der Waals surface area contributed by atoms with E-state index >= 15 is 0 Å². The molecule has 1 N–H and O–H groups in total. The summed E-state index contributed by atoms with van der Waals surface area (Å²) in [4.78, 5) is 34.7. The molecule has 2 aromatic rings. The van der Waals surface area contributed by atoms with Crippen LogP contribution in [0.25, 0.3) is 0 Å². The molecule has 1 fully saturated rings. The number of methoxy groups -OCH3 is 1. The lowest BCUT2D eigenvalue weighted by Gasteiger charge is -2.28. The predicted octanol–water partition coefficient (Wildman–Crippen LogP) is 2.56. The van der Waals surface area contributed by atoms with E-state index in [0.717, 1.165) is 18.9 Å². The topological polar surface area (TPSA) is 103 Å². The number of rotatable bonds is 10. The smallest absolute Gasteiger partial charge is 0.258 e. The number of piperidine rings is 1. The van der Waals surface area contributed by atoms with E-state index in [0.29, 0.717) is 35.3 Å². The van der Waals surface area contributed by atoms with Crippen molar-refractivity contribution in [1.82, 2.24) is 15.3 Å². The van der Waals surface area contributed by atoms with E-state index in [2.05, 4.69) is 20.2 Å². The lowest BCUT2D eigenvalue weighted by molar-refractivity contribution is -0.123. The molecule has 0 bridgehead atoms. The summed E-state index contributed by atoms with van der Waals surface area (Å²) in [5, 5.41) is 2.75. The van der Waals surface area contributed by atoms with Gasteiger partial charge >= 0.3 is 0 Å². The van der Waals surface area contributed by atoms with Crippen LogP contribution in [0.4, 0.5) is 5.82 Å². The van der Waals surface area contributed by atoms with Gasteiger partial charge in [-0.05, 0) is 51.3 Å². The van der Waals surface area contributed by atoms with E-state index in [4.69, 9.17) is 14.2 Å². The van der Waals surface area contributed by atoms with Gasteiger partial charge in [0.15, 0.2) is 23.9 Å². The van der Waals surface area contributed by atoms with Crippen molar-refractivity contribution in [2.75, 3.05) is 44.9 Å². The van der Waals surface area contributed by atoms with Gasteiger partial charge < -0.3 is 24.4 Å². The van der Waals surface area contributed by atoms with E-state index in [1.165, 1.54) is 33.3 Å². The minimum absolute atomic E-state index is 0.0745. The van der Waals surface area contributed by atoms with Crippen LogP contribution in [0, 0.1) is 6.92 Å². The fraction of sp³-hybridized carbons (Fsp3) is 0.478. The maximum absolute atomic E-state index is 12.1. The quantitative estimate of drug-likeness (QED) is 0.442. The number of aromatic nitrogens is 2. The van der Waals surface area contributed by atoms with Crippen LogP contribution in [0.2, 0.25) is 0 Å². The molecule has 0 unspecified atom stereocenters. The van der Waals surface area contributed by atoms with Crippen LogP contribution in [0.5, 0.6) is 17.4 Å². The fourth-order valence-electron chi connectivity index (χ4n) is 3.43. The summed E-state index contributed by atoms with van der Waals surface area (Å²) >= 11 is 0. The fourth-order valence-corrected chi connectivity index (χ4v) is 3.43. The highest BCUT2D eigenvalue weighted by molar-refractivity contribution is 5.94. The highest BCUT2D eigenvalue weighted by atomic mass is 16.5. The monoisotopic (exact) mass is 442 g/mol. The van der Waals surface area contributed by atoms with Gasteiger partial charge in [-0.1, -0.05) is 0 Å². The zero-order valence-electron chi connectivity index (χ0n) is 18.8. The van der Waals surface area contributed by atoms with Crippen molar-refractivity contribution >= 4 is 17.5 Å². The zero-order valence-corrected chi connectivity index (χ0v) is 18.8. The SMILES string of the molecule is COc1cc(C(C)=O)ccc1OCC(=O)NCCOc1cc(N2CCCCC2)nc(C)n1. The van der Waals surface area contributed by atoms with Crippen molar-refractivity contribution in [3.8, 4) is 17.4 Å². The molecule has 1 aliphatic rings. The van der Waals surface area contributed by atoms with Gasteiger partial charge in [0.1, 0.15) is 18.2 Å². The number of nitrogens with one attached hydrogen (secondary N) is 1. The van der Waals surface area contributed by atoms with E-state index in [1.807, 2.05) is 13.0 Å². The lowest BCUT2D eigenvalue weighted by Crippen LogP contribution is -2.32. The summed E-state index contributed by atoms with van der Waals surface area (Å²) in [5.74, 6) is 2.47. The molecule has 1 saturated heterocycles. The zero-order chi connectivity index (χ0) is 22.9. The highest BCUT2D eigenvalue weighted by Crippen LogP contribution is 2.28. The maximum Gasteiger partial charge on any atom is 0.258 e. The third kappa shape index (κ3) is 6.57. The van der Waals surface area contributed by atoms with Crippen molar-refractivity contribution in [3.05, 3.63) is 35.7 Å². The molecule has 0 saturated carbocycles. The summed E-state index contributed by atoms with van der Waals surface area (Å²) in [6.07, 6.45) is 3.59. The Hall–Kier alpha value is -3.36. The van der Waals surface area contributed by atoms with Gasteiger partial charge in [0, 0.05) is 24.7 Å². The second-order valence-electron chi connectivity index (χ2n) is 7.57. The van der Waals surface area contributed by atoms with E-state index in [9.17, 15) is 9.59 Å². The van der Waals surface area contributed by atoms with Crippen molar-refractivity contribution in [3.63, 3.8) is 0 Å². The normalized spacial score (nSPS) is 13.4. The summed E-state index contributed by atoms with van der Waals surface area (Å²) in [6.45, 7) is 5.71. The first-order valence-corrected chi connectivity index (χ1v) is 10.8. The Morgan fingerprint density at radius 3 is 2.56 bits per heavy atom. The Morgan fingerprint density at radius 1 is 1.06 bits per heavy atom. The largest absolute Gasteiger partial charge is 0.493 e. The van der Waals surface area contributed by atoms with Gasteiger partial charge in [0.25, 0.3) is 5.91 Å². The second kappa shape index (κ2) is 11.3. The summed E-state index contributed by atoms with van der Waals surface area (Å²) in [7, 11) is 1.48. The van der Waals surface area contributed by atoms with Gasteiger partial charge in [-0.3, -0.25) is 9.59 Å². The van der Waals surface area contributed by atoms with Crippen LogP contribution >= 0.6 is 0 Å². The molecule has 32 heavy (non-hydrogen) atoms. The molecule has 1 aliphatic heterocycles. The molecule has 0 radical (unpaired) electrons. The molecule has 9 heteroatoms. The number of Topliss-reactive ketones (excluding diaryl/α,β-unsaturated/α-hetero) is 1. The average molecular weight is 443 g/mol. The molecule has 1 aromatic heterocycles. The molecule has 9 nitrogen and oxygen atoms in total. The van der Waals surface area contributed by atoms with Gasteiger partial charge in [0.2, 0.25) is 5.88 Å². The molecule has 3 rings (SSSR count). The average Bonchev–Trinajstić information content (AvgIpc) is 2.80. The number of carbonyl (C=O) groups excluding carboxylic acids is 2. The van der Waals surface area contributed by atoms with Gasteiger partial charge in [-0.25, -0.2) is 4.98 Å². The first-order chi connectivity index (χ1) is 15.5. The number of ether oxygens (including phenoxy) is 3. The highest BCUT2D eigenvalue weighted by Gasteiger charge is 2.14. The molecule has 2 heterocycles. The lowest BCUT2D eigenvalue weighted by atomic mass is 10.1. The van der Waals surface area contributed by atoms with E-state index < -0.39 is 0 Å².